The van der Waals surface area contributed by atoms with Crippen molar-refractivity contribution in [1.29, 1.82) is 0 Å². The van der Waals surface area contributed by atoms with Crippen LogP contribution in [0.25, 0.3) is 0 Å². The Bertz CT molecular complexity index is 560. The van der Waals surface area contributed by atoms with Gasteiger partial charge in [0, 0.05) is 26.2 Å². The van der Waals surface area contributed by atoms with Crippen LogP contribution in [-0.4, -0.2) is 64.0 Å². The summed E-state index contributed by atoms with van der Waals surface area (Å²) in [6, 6.07) is 4.81. The predicted octanol–water partition coefficient (Wildman–Crippen LogP) is 2.06. The zero-order valence-corrected chi connectivity index (χ0v) is 16.5. The van der Waals surface area contributed by atoms with Gasteiger partial charge < -0.3 is 24.4 Å². The Morgan fingerprint density at radius 1 is 1.19 bits per heavy atom. The van der Waals surface area contributed by atoms with Crippen LogP contribution in [0.2, 0.25) is 0 Å². The number of methoxy groups -OCH3 is 2. The average Bonchev–Trinajstić information content (AvgIpc) is 2.64. The Balaban J connectivity index is 1.82. The molecule has 0 aromatic heterocycles. The van der Waals surface area contributed by atoms with E-state index in [-0.39, 0.29) is 12.6 Å². The highest BCUT2D eigenvalue weighted by atomic mass is 16.6. The molecule has 0 radical (unpaired) electrons. The molecule has 0 atom stereocenters. The van der Waals surface area contributed by atoms with Gasteiger partial charge >= 0.3 is 5.97 Å². The molecule has 6 nitrogen and oxygen atoms in total. The molecule has 26 heavy (non-hydrogen) atoms. The molecule has 1 aromatic rings. The van der Waals surface area contributed by atoms with E-state index in [1.54, 1.807) is 7.11 Å². The normalized spacial score (nSPS) is 15.8. The molecule has 1 aliphatic rings. The monoisotopic (exact) mass is 364 g/mol. The summed E-state index contributed by atoms with van der Waals surface area (Å²) >= 11 is 0. The second kappa shape index (κ2) is 10.5. The number of carbonyl (C=O) groups is 1. The molecule has 0 saturated carbocycles. The molecule has 2 rings (SSSR count). The van der Waals surface area contributed by atoms with Crippen LogP contribution in [0.1, 0.15) is 29.5 Å². The lowest BCUT2D eigenvalue weighted by Crippen LogP contribution is -2.43. The van der Waals surface area contributed by atoms with Gasteiger partial charge in [-0.15, -0.1) is 0 Å². The number of esters is 1. The van der Waals surface area contributed by atoms with Gasteiger partial charge in [0.2, 0.25) is 0 Å². The van der Waals surface area contributed by atoms with Gasteiger partial charge in [0.15, 0.2) is 6.61 Å². The van der Waals surface area contributed by atoms with Crippen LogP contribution in [0.5, 0.6) is 5.75 Å². The molecular formula is C20H32N2O4. The molecule has 0 spiro atoms. The molecule has 0 amide bonds. The van der Waals surface area contributed by atoms with Gasteiger partial charge in [-0.05, 0) is 56.5 Å². The van der Waals surface area contributed by atoms with Crippen LogP contribution < -0.4 is 10.1 Å². The summed E-state index contributed by atoms with van der Waals surface area (Å²) in [5.74, 6) is 0.400. The van der Waals surface area contributed by atoms with Crippen molar-refractivity contribution in [2.24, 2.45) is 0 Å². The highest BCUT2D eigenvalue weighted by molar-refractivity contribution is 5.71. The first kappa shape index (κ1) is 20.7. The van der Waals surface area contributed by atoms with E-state index >= 15 is 0 Å². The summed E-state index contributed by atoms with van der Waals surface area (Å²) in [4.78, 5) is 13.7. The van der Waals surface area contributed by atoms with E-state index in [9.17, 15) is 4.79 Å². The van der Waals surface area contributed by atoms with Gasteiger partial charge in [-0.25, -0.2) is 4.79 Å². The minimum atomic E-state index is -0.369. The Labute approximate surface area is 156 Å². The van der Waals surface area contributed by atoms with E-state index in [1.165, 1.54) is 25.5 Å². The number of likely N-dealkylation sites (tertiary alicyclic amines) is 1. The Kier molecular flexibility index (Phi) is 8.35. The number of nitrogens with zero attached hydrogens (tertiary/aromatic N) is 1. The van der Waals surface area contributed by atoms with Crippen molar-refractivity contribution in [3.63, 3.8) is 0 Å². The number of hydrogen-bond donors (Lipinski definition) is 1. The van der Waals surface area contributed by atoms with Crippen molar-refractivity contribution in [2.45, 2.75) is 39.3 Å². The van der Waals surface area contributed by atoms with E-state index in [0.29, 0.717) is 6.04 Å². The first-order valence-electron chi connectivity index (χ1n) is 9.28. The first-order valence-corrected chi connectivity index (χ1v) is 9.28. The number of ether oxygens (including phenoxy) is 3. The maximum atomic E-state index is 11.3. The Morgan fingerprint density at radius 3 is 2.42 bits per heavy atom. The van der Waals surface area contributed by atoms with Crippen molar-refractivity contribution in [2.75, 3.05) is 47.1 Å². The fraction of sp³-hybridized carbons (Fsp3) is 0.650. The number of piperidine rings is 1. The van der Waals surface area contributed by atoms with Gasteiger partial charge in [0.1, 0.15) is 5.75 Å². The SMILES string of the molecule is COCCN1CCC(NCc2cc(C)c(OCC(=O)OC)c(C)c2)CC1. The Morgan fingerprint density at radius 2 is 1.85 bits per heavy atom. The molecule has 0 unspecified atom stereocenters. The van der Waals surface area contributed by atoms with Crippen LogP contribution in [0.15, 0.2) is 12.1 Å². The van der Waals surface area contributed by atoms with E-state index in [4.69, 9.17) is 9.47 Å². The topological polar surface area (TPSA) is 60.0 Å². The second-order valence-corrected chi connectivity index (χ2v) is 6.91. The summed E-state index contributed by atoms with van der Waals surface area (Å²) < 4.78 is 15.4. The number of carbonyl (C=O) groups excluding carboxylic acids is 1. The lowest BCUT2D eigenvalue weighted by atomic mass is 10.0. The molecular weight excluding hydrogens is 332 g/mol. The van der Waals surface area contributed by atoms with Gasteiger partial charge in [-0.2, -0.15) is 0 Å². The van der Waals surface area contributed by atoms with E-state index in [0.717, 1.165) is 49.7 Å². The number of benzene rings is 1. The van der Waals surface area contributed by atoms with Gasteiger partial charge in [-0.3, -0.25) is 0 Å². The minimum absolute atomic E-state index is 0.0581. The van der Waals surface area contributed by atoms with Crippen molar-refractivity contribution in [3.8, 4) is 5.75 Å². The third-order valence-corrected chi connectivity index (χ3v) is 4.88. The van der Waals surface area contributed by atoms with Crippen molar-refractivity contribution in [3.05, 3.63) is 28.8 Å². The third-order valence-electron chi connectivity index (χ3n) is 4.88. The molecule has 1 fully saturated rings. The molecule has 0 bridgehead atoms. The Hall–Kier alpha value is -1.63. The predicted molar refractivity (Wildman–Crippen MR) is 102 cm³/mol. The van der Waals surface area contributed by atoms with E-state index in [1.807, 2.05) is 13.8 Å². The van der Waals surface area contributed by atoms with Crippen LogP contribution in [0.4, 0.5) is 0 Å². The van der Waals surface area contributed by atoms with Crippen LogP contribution in [0, 0.1) is 13.8 Å². The van der Waals surface area contributed by atoms with E-state index in [2.05, 4.69) is 27.1 Å². The fourth-order valence-corrected chi connectivity index (χ4v) is 3.40. The fourth-order valence-electron chi connectivity index (χ4n) is 3.40. The van der Waals surface area contributed by atoms with Gasteiger partial charge in [0.25, 0.3) is 0 Å². The molecule has 6 heteroatoms. The largest absolute Gasteiger partial charge is 0.481 e. The number of hydrogen-bond acceptors (Lipinski definition) is 6. The number of aryl methyl sites for hydroxylation is 2. The maximum Gasteiger partial charge on any atom is 0.343 e. The summed E-state index contributed by atoms with van der Waals surface area (Å²) in [7, 11) is 3.12. The zero-order chi connectivity index (χ0) is 18.9. The molecule has 1 heterocycles. The smallest absolute Gasteiger partial charge is 0.343 e. The van der Waals surface area contributed by atoms with Crippen LogP contribution in [-0.2, 0) is 20.8 Å². The first-order chi connectivity index (χ1) is 12.5. The maximum absolute atomic E-state index is 11.3. The summed E-state index contributed by atoms with van der Waals surface area (Å²) in [6.07, 6.45) is 2.34. The van der Waals surface area contributed by atoms with E-state index < -0.39 is 0 Å². The molecule has 146 valence electrons. The summed E-state index contributed by atoms with van der Waals surface area (Å²) in [5.41, 5.74) is 3.33. The van der Waals surface area contributed by atoms with Crippen molar-refractivity contribution < 1.29 is 19.0 Å². The number of nitrogens with one attached hydrogen (secondary N) is 1. The van der Waals surface area contributed by atoms with Crippen LogP contribution >= 0.6 is 0 Å². The molecule has 0 aliphatic carbocycles. The third kappa shape index (κ3) is 6.27. The highest BCUT2D eigenvalue weighted by Gasteiger charge is 2.18. The molecule has 1 saturated heterocycles. The average molecular weight is 364 g/mol. The summed E-state index contributed by atoms with van der Waals surface area (Å²) in [5, 5.41) is 3.67. The minimum Gasteiger partial charge on any atom is -0.481 e. The lowest BCUT2D eigenvalue weighted by molar-refractivity contribution is -0.142. The van der Waals surface area contributed by atoms with Gasteiger partial charge in [-0.1, -0.05) is 12.1 Å². The van der Waals surface area contributed by atoms with Crippen molar-refractivity contribution in [1.82, 2.24) is 10.2 Å². The molecule has 1 aliphatic heterocycles. The van der Waals surface area contributed by atoms with Crippen LogP contribution in [0.3, 0.4) is 0 Å². The lowest BCUT2D eigenvalue weighted by Gasteiger charge is -2.32. The second-order valence-electron chi connectivity index (χ2n) is 6.91. The van der Waals surface area contributed by atoms with Crippen molar-refractivity contribution >= 4 is 5.97 Å². The zero-order valence-electron chi connectivity index (χ0n) is 16.5. The molecule has 1 aromatic carbocycles. The highest BCUT2D eigenvalue weighted by Crippen LogP contribution is 2.25. The standard InChI is InChI=1S/C20H32N2O4/c1-15-11-17(12-16(2)20(15)26-14-19(23)25-4)13-21-18-5-7-22(8-6-18)9-10-24-3/h11-12,18,21H,5-10,13-14H2,1-4H3. The molecule has 1 N–H and O–H groups in total. The van der Waals surface area contributed by atoms with Gasteiger partial charge in [0.05, 0.1) is 13.7 Å². The number of rotatable bonds is 9. The quantitative estimate of drug-likeness (QED) is 0.677. The summed E-state index contributed by atoms with van der Waals surface area (Å²) in [6.45, 7) is 8.89.